The van der Waals surface area contributed by atoms with E-state index in [1.54, 1.807) is 49.6 Å². The molecule has 3 aromatic rings. The van der Waals surface area contributed by atoms with Gasteiger partial charge in [0.05, 0.1) is 32.0 Å². The molecule has 0 aromatic heterocycles. The second-order valence-corrected chi connectivity index (χ2v) is 11.0. The van der Waals surface area contributed by atoms with Crippen LogP contribution in [0.15, 0.2) is 66.4 Å². The molecule has 1 saturated heterocycles. The minimum Gasteiger partial charge on any atom is -0.497 e. The molecule has 3 aromatic carbocycles. The van der Waals surface area contributed by atoms with E-state index < -0.39 is 10.9 Å². The highest BCUT2D eigenvalue weighted by atomic mass is 127. The highest BCUT2D eigenvalue weighted by Gasteiger charge is 2.40. The molecule has 0 atom stereocenters. The maximum Gasteiger partial charge on any atom is 0.325 e. The Bertz CT molecular complexity index is 1490. The fourth-order valence-corrected chi connectivity index (χ4v) is 6.29. The quantitative estimate of drug-likeness (QED) is 0.0690. The summed E-state index contributed by atoms with van der Waals surface area (Å²) in [6.45, 7) is -0.00883. The molecular formula is C27H21I2N3O7S. The summed E-state index contributed by atoms with van der Waals surface area (Å²) < 4.78 is 17.6. The molecule has 0 unspecified atom stereocenters. The molecule has 1 fully saturated rings. The van der Waals surface area contributed by atoms with Gasteiger partial charge in [-0.15, -0.1) is 0 Å². The molecule has 0 bridgehead atoms. The van der Waals surface area contributed by atoms with E-state index in [2.05, 4.69) is 45.2 Å². The Balaban J connectivity index is 1.62. The van der Waals surface area contributed by atoms with Crippen LogP contribution < -0.4 is 14.4 Å². The third kappa shape index (κ3) is 6.52. The second kappa shape index (κ2) is 12.9. The van der Waals surface area contributed by atoms with Crippen molar-refractivity contribution in [2.45, 2.75) is 6.61 Å². The van der Waals surface area contributed by atoms with Crippen molar-refractivity contribution < 1.29 is 28.7 Å². The van der Waals surface area contributed by atoms with Crippen LogP contribution in [0.5, 0.6) is 11.5 Å². The van der Waals surface area contributed by atoms with Crippen molar-refractivity contribution in [3.05, 3.63) is 94.7 Å². The van der Waals surface area contributed by atoms with Crippen molar-refractivity contribution in [1.82, 2.24) is 4.90 Å². The van der Waals surface area contributed by atoms with E-state index in [0.717, 1.165) is 12.7 Å². The highest BCUT2D eigenvalue weighted by Crippen LogP contribution is 2.34. The molecule has 40 heavy (non-hydrogen) atoms. The largest absolute Gasteiger partial charge is 0.497 e. The minimum atomic E-state index is -0.545. The smallest absolute Gasteiger partial charge is 0.325 e. The zero-order valence-electron chi connectivity index (χ0n) is 21.1. The molecule has 0 aliphatic carbocycles. The van der Waals surface area contributed by atoms with Crippen molar-refractivity contribution in [3.8, 4) is 11.5 Å². The maximum atomic E-state index is 13.6. The number of amides is 1. The number of nitro groups is 1. The second-order valence-electron chi connectivity index (χ2n) is 8.34. The van der Waals surface area contributed by atoms with Gasteiger partial charge in [-0.2, -0.15) is 0 Å². The predicted molar refractivity (Wildman–Crippen MR) is 169 cm³/mol. The lowest BCUT2D eigenvalue weighted by molar-refractivity contribution is -0.384. The number of hydrogen-bond donors (Lipinski definition) is 0. The number of methoxy groups -OCH3 is 2. The topological polar surface area (TPSA) is 111 Å². The van der Waals surface area contributed by atoms with Gasteiger partial charge in [0.2, 0.25) is 0 Å². The molecule has 1 aliphatic heterocycles. The van der Waals surface area contributed by atoms with Crippen LogP contribution in [-0.4, -0.2) is 47.6 Å². The molecule has 206 valence electrons. The van der Waals surface area contributed by atoms with Gasteiger partial charge in [-0.3, -0.25) is 24.6 Å². The molecule has 1 amide bonds. The van der Waals surface area contributed by atoms with Gasteiger partial charge in [-0.25, -0.2) is 0 Å². The van der Waals surface area contributed by atoms with Gasteiger partial charge in [-0.05, 0) is 123 Å². The van der Waals surface area contributed by atoms with Gasteiger partial charge in [0.15, 0.2) is 5.11 Å². The molecule has 1 aliphatic rings. The molecule has 10 nitrogen and oxygen atoms in total. The van der Waals surface area contributed by atoms with E-state index in [-0.39, 0.29) is 35.6 Å². The van der Waals surface area contributed by atoms with E-state index in [0.29, 0.717) is 22.7 Å². The number of nitro benzene ring substituents is 1. The monoisotopic (exact) mass is 785 g/mol. The van der Waals surface area contributed by atoms with Gasteiger partial charge < -0.3 is 19.1 Å². The number of carbonyl (C=O) groups excluding carboxylic acids is 2. The Hall–Kier alpha value is -3.31. The Morgan fingerprint density at radius 3 is 2.23 bits per heavy atom. The lowest BCUT2D eigenvalue weighted by atomic mass is 10.1. The summed E-state index contributed by atoms with van der Waals surface area (Å²) in [5, 5.41) is 11.0. The number of non-ortho nitro benzene ring substituents is 1. The zero-order chi connectivity index (χ0) is 29.0. The van der Waals surface area contributed by atoms with E-state index in [4.69, 9.17) is 26.4 Å². The number of benzene rings is 3. The normalized spacial score (nSPS) is 14.1. The Kier molecular flexibility index (Phi) is 9.57. The lowest BCUT2D eigenvalue weighted by Gasteiger charge is -2.19. The molecule has 0 N–H and O–H groups in total. The first kappa shape index (κ1) is 29.7. The van der Waals surface area contributed by atoms with E-state index in [1.807, 2.05) is 12.1 Å². The summed E-state index contributed by atoms with van der Waals surface area (Å²) in [6.07, 6.45) is 1.67. The molecule has 0 saturated carbocycles. The number of rotatable bonds is 9. The number of thiocarbonyl (C=S) groups is 1. The van der Waals surface area contributed by atoms with Crippen molar-refractivity contribution in [2.75, 3.05) is 25.7 Å². The number of anilines is 1. The summed E-state index contributed by atoms with van der Waals surface area (Å²) in [6, 6.07) is 16.7. The Morgan fingerprint density at radius 2 is 1.68 bits per heavy atom. The van der Waals surface area contributed by atoms with Crippen molar-refractivity contribution in [2.24, 2.45) is 0 Å². The van der Waals surface area contributed by atoms with Gasteiger partial charge in [0, 0.05) is 12.1 Å². The summed E-state index contributed by atoms with van der Waals surface area (Å²) in [7, 11) is 2.82. The Labute approximate surface area is 262 Å². The van der Waals surface area contributed by atoms with Crippen molar-refractivity contribution in [3.63, 3.8) is 0 Å². The zero-order valence-corrected chi connectivity index (χ0v) is 26.3. The minimum absolute atomic E-state index is 0.0121. The highest BCUT2D eigenvalue weighted by molar-refractivity contribution is 14.1. The van der Waals surface area contributed by atoms with Crippen LogP contribution >= 0.6 is 57.4 Å². The van der Waals surface area contributed by atoms with Crippen LogP contribution in [-0.2, 0) is 20.9 Å². The first-order chi connectivity index (χ1) is 19.1. The Morgan fingerprint density at radius 1 is 1.05 bits per heavy atom. The van der Waals surface area contributed by atoms with Gasteiger partial charge in [0.1, 0.15) is 30.3 Å². The molecule has 0 radical (unpaired) electrons. The average molecular weight is 785 g/mol. The average Bonchev–Trinajstić information content (AvgIpc) is 3.16. The fourth-order valence-electron chi connectivity index (χ4n) is 3.81. The van der Waals surface area contributed by atoms with E-state index >= 15 is 0 Å². The predicted octanol–water partition coefficient (Wildman–Crippen LogP) is 5.54. The first-order valence-corrected chi connectivity index (χ1v) is 14.1. The van der Waals surface area contributed by atoms with Crippen molar-refractivity contribution in [1.29, 1.82) is 0 Å². The summed E-state index contributed by atoms with van der Waals surface area (Å²) in [4.78, 5) is 39.0. The number of carbonyl (C=O) groups is 2. The summed E-state index contributed by atoms with van der Waals surface area (Å²) >= 11 is 9.90. The third-order valence-electron chi connectivity index (χ3n) is 5.84. The first-order valence-electron chi connectivity index (χ1n) is 11.6. The molecular weight excluding hydrogens is 764 g/mol. The van der Waals surface area contributed by atoms with Crippen LogP contribution in [0.4, 0.5) is 11.4 Å². The van der Waals surface area contributed by atoms with Crippen molar-refractivity contribution >= 4 is 91.8 Å². The summed E-state index contributed by atoms with van der Waals surface area (Å²) in [5.41, 5.74) is 2.25. The van der Waals surface area contributed by atoms with Crippen LogP contribution in [0.25, 0.3) is 6.08 Å². The van der Waals surface area contributed by atoms with Crippen LogP contribution in [0.3, 0.4) is 0 Å². The molecule has 4 rings (SSSR count). The van der Waals surface area contributed by atoms with Gasteiger partial charge in [0.25, 0.3) is 11.6 Å². The SMILES string of the molecule is COC(=O)CN1C(=S)N(c2ccc(OC)cc2)C(=O)/C1=C/c1cc(I)c(OCc2ccc([N+](=O)[O-])cc2)c(I)c1. The molecule has 13 heteroatoms. The molecule has 1 heterocycles. The number of ether oxygens (including phenoxy) is 3. The van der Waals surface area contributed by atoms with Crippen LogP contribution in [0, 0.1) is 17.3 Å². The van der Waals surface area contributed by atoms with E-state index in [1.165, 1.54) is 29.0 Å². The fraction of sp³-hybridized carbons (Fsp3) is 0.148. The molecule has 0 spiro atoms. The van der Waals surface area contributed by atoms with Crippen LogP contribution in [0.2, 0.25) is 0 Å². The van der Waals surface area contributed by atoms with Gasteiger partial charge >= 0.3 is 5.97 Å². The number of halogens is 2. The van der Waals surface area contributed by atoms with Crippen LogP contribution in [0.1, 0.15) is 11.1 Å². The maximum absolute atomic E-state index is 13.6. The third-order valence-corrected chi connectivity index (χ3v) is 7.84. The standard InChI is InChI=1S/C27H21I2N3O7S/c1-37-20-9-7-18(8-10-20)31-26(34)23(30(27(31)40)14-24(33)38-2)13-17-11-21(28)25(22(29)12-17)39-15-16-3-5-19(6-4-16)32(35)36/h3-13H,14-15H2,1-2H3/b23-13-. The number of nitrogens with zero attached hydrogens (tertiary/aromatic N) is 3. The van der Waals surface area contributed by atoms with E-state index in [9.17, 15) is 19.7 Å². The van der Waals surface area contributed by atoms with Gasteiger partial charge in [-0.1, -0.05) is 0 Å². The number of hydrogen-bond acceptors (Lipinski definition) is 8. The number of esters is 1. The lowest BCUT2D eigenvalue weighted by Crippen LogP contribution is -2.35. The summed E-state index contributed by atoms with van der Waals surface area (Å²) in [5.74, 6) is 0.337.